The number of carbonyl (C=O) groups excluding carboxylic acids is 1. The number of likely N-dealkylation sites (tertiary alicyclic amines) is 1. The van der Waals surface area contributed by atoms with Gasteiger partial charge in [-0.3, -0.25) is 4.79 Å². The van der Waals surface area contributed by atoms with Crippen LogP contribution in [0.25, 0.3) is 0 Å². The molecule has 0 aliphatic carbocycles. The number of ether oxygens (including phenoxy) is 2. The van der Waals surface area contributed by atoms with E-state index in [9.17, 15) is 4.79 Å². The largest absolute Gasteiger partial charge is 0.490 e. The van der Waals surface area contributed by atoms with Crippen LogP contribution >= 0.6 is 0 Å². The van der Waals surface area contributed by atoms with Gasteiger partial charge in [0.05, 0.1) is 13.2 Å². The molecule has 0 spiro atoms. The fourth-order valence-electron chi connectivity index (χ4n) is 2.75. The predicted molar refractivity (Wildman–Crippen MR) is 86.5 cm³/mol. The van der Waals surface area contributed by atoms with Gasteiger partial charge in [0.25, 0.3) is 5.91 Å². The number of carbonyl (C=O) groups is 1. The van der Waals surface area contributed by atoms with Crippen LogP contribution in [0.4, 0.5) is 0 Å². The minimum Gasteiger partial charge on any atom is -0.490 e. The normalized spacial score (nSPS) is 17.6. The van der Waals surface area contributed by atoms with E-state index in [1.54, 1.807) is 6.07 Å². The van der Waals surface area contributed by atoms with E-state index in [0.717, 1.165) is 25.8 Å². The molecule has 0 saturated carbocycles. The molecule has 1 unspecified atom stereocenters. The minimum absolute atomic E-state index is 0.0240. The quantitative estimate of drug-likeness (QED) is 0.840. The van der Waals surface area contributed by atoms with E-state index in [2.05, 4.69) is 6.92 Å². The standard InChI is InChI=1S/C17H26N2O3/c1-3-10-22-15-8-7-13(11-16(15)21-4-2)17(20)19-9-5-6-14(19)12-18/h7-8,11,14H,3-6,9-10,12,18H2,1-2H3. The van der Waals surface area contributed by atoms with Gasteiger partial charge in [0.1, 0.15) is 0 Å². The van der Waals surface area contributed by atoms with E-state index >= 15 is 0 Å². The second-order valence-electron chi connectivity index (χ2n) is 5.47. The van der Waals surface area contributed by atoms with Crippen LogP contribution in [-0.2, 0) is 0 Å². The van der Waals surface area contributed by atoms with E-state index in [0.29, 0.717) is 36.8 Å². The zero-order valence-electron chi connectivity index (χ0n) is 13.5. The van der Waals surface area contributed by atoms with Crippen LogP contribution in [0.1, 0.15) is 43.5 Å². The molecular formula is C17H26N2O3. The van der Waals surface area contributed by atoms with E-state index in [1.165, 1.54) is 0 Å². The van der Waals surface area contributed by atoms with Crippen molar-refractivity contribution in [2.45, 2.75) is 39.2 Å². The van der Waals surface area contributed by atoms with Crippen LogP contribution in [0.3, 0.4) is 0 Å². The number of hydrogen-bond acceptors (Lipinski definition) is 4. The van der Waals surface area contributed by atoms with Crippen LogP contribution in [0.5, 0.6) is 11.5 Å². The number of hydrogen-bond donors (Lipinski definition) is 1. The monoisotopic (exact) mass is 306 g/mol. The Hall–Kier alpha value is -1.75. The van der Waals surface area contributed by atoms with Crippen LogP contribution in [0.2, 0.25) is 0 Å². The summed E-state index contributed by atoms with van der Waals surface area (Å²) in [6.07, 6.45) is 2.93. The molecular weight excluding hydrogens is 280 g/mol. The molecule has 0 radical (unpaired) electrons. The molecule has 5 nitrogen and oxygen atoms in total. The fourth-order valence-corrected chi connectivity index (χ4v) is 2.75. The molecule has 2 rings (SSSR count). The zero-order chi connectivity index (χ0) is 15.9. The Labute approximate surface area is 132 Å². The molecule has 1 saturated heterocycles. The average molecular weight is 306 g/mol. The van der Waals surface area contributed by atoms with Gasteiger partial charge >= 0.3 is 0 Å². The lowest BCUT2D eigenvalue weighted by molar-refractivity contribution is 0.0740. The Morgan fingerprint density at radius 2 is 2.14 bits per heavy atom. The van der Waals surface area contributed by atoms with Crippen molar-refractivity contribution < 1.29 is 14.3 Å². The Morgan fingerprint density at radius 1 is 1.32 bits per heavy atom. The first-order chi connectivity index (χ1) is 10.7. The molecule has 1 aromatic rings. The Balaban J connectivity index is 2.20. The van der Waals surface area contributed by atoms with Crippen molar-refractivity contribution in [2.24, 2.45) is 5.73 Å². The smallest absolute Gasteiger partial charge is 0.254 e. The van der Waals surface area contributed by atoms with Gasteiger partial charge in [0.2, 0.25) is 0 Å². The van der Waals surface area contributed by atoms with E-state index in [1.807, 2.05) is 24.0 Å². The molecule has 2 N–H and O–H groups in total. The van der Waals surface area contributed by atoms with Crippen LogP contribution in [0, 0.1) is 0 Å². The lowest BCUT2D eigenvalue weighted by Crippen LogP contribution is -2.39. The molecule has 1 aliphatic heterocycles. The first kappa shape index (κ1) is 16.6. The average Bonchev–Trinajstić information content (AvgIpc) is 3.01. The maximum absolute atomic E-state index is 12.7. The summed E-state index contributed by atoms with van der Waals surface area (Å²) in [4.78, 5) is 14.5. The zero-order valence-corrected chi connectivity index (χ0v) is 13.5. The molecule has 0 bridgehead atoms. The van der Waals surface area contributed by atoms with Gasteiger partial charge in [-0.2, -0.15) is 0 Å². The van der Waals surface area contributed by atoms with E-state index < -0.39 is 0 Å². The molecule has 22 heavy (non-hydrogen) atoms. The van der Waals surface area contributed by atoms with Crippen molar-refractivity contribution in [1.29, 1.82) is 0 Å². The summed E-state index contributed by atoms with van der Waals surface area (Å²) in [6.45, 7) is 6.44. The lowest BCUT2D eigenvalue weighted by Gasteiger charge is -2.24. The number of nitrogens with zero attached hydrogens (tertiary/aromatic N) is 1. The fraction of sp³-hybridized carbons (Fsp3) is 0.588. The molecule has 1 aliphatic rings. The number of nitrogens with two attached hydrogens (primary N) is 1. The van der Waals surface area contributed by atoms with Gasteiger partial charge in [-0.1, -0.05) is 6.92 Å². The maximum atomic E-state index is 12.7. The highest BCUT2D eigenvalue weighted by Crippen LogP contribution is 2.30. The topological polar surface area (TPSA) is 64.8 Å². The first-order valence-electron chi connectivity index (χ1n) is 8.11. The highest BCUT2D eigenvalue weighted by molar-refractivity contribution is 5.95. The van der Waals surface area contributed by atoms with Gasteiger partial charge in [0.15, 0.2) is 11.5 Å². The summed E-state index contributed by atoms with van der Waals surface area (Å²) in [7, 11) is 0. The Kier molecular flexibility index (Phi) is 6.07. The maximum Gasteiger partial charge on any atom is 0.254 e. The van der Waals surface area contributed by atoms with E-state index in [4.69, 9.17) is 15.2 Å². The Bertz CT molecular complexity index is 505. The van der Waals surface area contributed by atoms with Gasteiger partial charge in [-0.05, 0) is 44.4 Å². The lowest BCUT2D eigenvalue weighted by atomic mass is 10.1. The molecule has 122 valence electrons. The van der Waals surface area contributed by atoms with Gasteiger partial charge in [-0.25, -0.2) is 0 Å². The summed E-state index contributed by atoms with van der Waals surface area (Å²) in [5.74, 6) is 1.35. The van der Waals surface area contributed by atoms with Crippen molar-refractivity contribution >= 4 is 5.91 Å². The molecule has 1 amide bonds. The van der Waals surface area contributed by atoms with Gasteiger partial charge < -0.3 is 20.1 Å². The second-order valence-corrected chi connectivity index (χ2v) is 5.47. The predicted octanol–water partition coefficient (Wildman–Crippen LogP) is 2.44. The van der Waals surface area contributed by atoms with Gasteiger partial charge in [-0.15, -0.1) is 0 Å². The summed E-state index contributed by atoms with van der Waals surface area (Å²) in [5.41, 5.74) is 6.39. The third kappa shape index (κ3) is 3.71. The number of amides is 1. The highest BCUT2D eigenvalue weighted by Gasteiger charge is 2.28. The molecule has 1 fully saturated rings. The molecule has 1 heterocycles. The van der Waals surface area contributed by atoms with Crippen molar-refractivity contribution in [3.8, 4) is 11.5 Å². The van der Waals surface area contributed by atoms with Crippen molar-refractivity contribution in [2.75, 3.05) is 26.3 Å². The summed E-state index contributed by atoms with van der Waals surface area (Å²) in [6, 6.07) is 5.56. The van der Waals surface area contributed by atoms with Gasteiger partial charge in [0, 0.05) is 24.7 Å². The molecule has 5 heteroatoms. The van der Waals surface area contributed by atoms with Crippen molar-refractivity contribution in [1.82, 2.24) is 4.90 Å². The summed E-state index contributed by atoms with van der Waals surface area (Å²) < 4.78 is 11.3. The van der Waals surface area contributed by atoms with Crippen molar-refractivity contribution in [3.05, 3.63) is 23.8 Å². The summed E-state index contributed by atoms with van der Waals surface area (Å²) >= 11 is 0. The molecule has 1 atom stereocenters. The SMILES string of the molecule is CCCOc1ccc(C(=O)N2CCCC2CN)cc1OCC. The Morgan fingerprint density at radius 3 is 2.82 bits per heavy atom. The van der Waals surface area contributed by atoms with Crippen molar-refractivity contribution in [3.63, 3.8) is 0 Å². The highest BCUT2D eigenvalue weighted by atomic mass is 16.5. The minimum atomic E-state index is 0.0240. The third-order valence-electron chi connectivity index (χ3n) is 3.86. The molecule has 1 aromatic carbocycles. The van der Waals surface area contributed by atoms with Crippen LogP contribution in [0.15, 0.2) is 18.2 Å². The molecule has 0 aromatic heterocycles. The number of rotatable bonds is 7. The van der Waals surface area contributed by atoms with Crippen LogP contribution < -0.4 is 15.2 Å². The van der Waals surface area contributed by atoms with Crippen LogP contribution in [-0.4, -0.2) is 43.2 Å². The first-order valence-corrected chi connectivity index (χ1v) is 8.11. The van der Waals surface area contributed by atoms with E-state index in [-0.39, 0.29) is 11.9 Å². The third-order valence-corrected chi connectivity index (χ3v) is 3.86. The number of benzene rings is 1. The summed E-state index contributed by atoms with van der Waals surface area (Å²) in [5, 5.41) is 0. The second kappa shape index (κ2) is 8.03.